The number of nitrogens with one attached hydrogen (secondary N) is 1. The predicted molar refractivity (Wildman–Crippen MR) is 62.1 cm³/mol. The first-order chi connectivity index (χ1) is 6.67. The summed E-state index contributed by atoms with van der Waals surface area (Å²) in [5.41, 5.74) is 5.78. The van der Waals surface area contributed by atoms with Gasteiger partial charge in [-0.05, 0) is 30.6 Å². The van der Waals surface area contributed by atoms with Crippen LogP contribution in [0.2, 0.25) is 0 Å². The first kappa shape index (κ1) is 12.5. The van der Waals surface area contributed by atoms with Crippen LogP contribution in [0.25, 0.3) is 0 Å². The number of amides is 1. The van der Waals surface area contributed by atoms with Crippen LogP contribution in [0.4, 0.5) is 0 Å². The molecule has 0 saturated heterocycles. The Balaban J connectivity index is 2.85. The molecule has 1 atom stereocenters. The maximum Gasteiger partial charge on any atom is 0.225 e. The molecular weight excluding hydrogens is 188 g/mol. The van der Waals surface area contributed by atoms with Gasteiger partial charge in [-0.1, -0.05) is 27.7 Å². The van der Waals surface area contributed by atoms with Crippen molar-refractivity contribution in [2.24, 2.45) is 22.5 Å². The van der Waals surface area contributed by atoms with E-state index in [4.69, 9.17) is 5.73 Å². The molecule has 3 nitrogen and oxygen atoms in total. The molecule has 15 heavy (non-hydrogen) atoms. The average Bonchev–Trinajstić information content (AvgIpc) is 2.18. The fourth-order valence-electron chi connectivity index (χ4n) is 3.01. The Bertz CT molecular complexity index is 240. The van der Waals surface area contributed by atoms with Gasteiger partial charge in [0.15, 0.2) is 0 Å². The zero-order valence-electron chi connectivity index (χ0n) is 10.6. The summed E-state index contributed by atoms with van der Waals surface area (Å²) in [7, 11) is 0. The first-order valence-corrected chi connectivity index (χ1v) is 5.73. The number of hydrogen-bond acceptors (Lipinski definition) is 2. The van der Waals surface area contributed by atoms with Gasteiger partial charge >= 0.3 is 0 Å². The largest absolute Gasteiger partial charge is 0.341 e. The van der Waals surface area contributed by atoms with Gasteiger partial charge in [-0.3, -0.25) is 4.79 Å². The van der Waals surface area contributed by atoms with Gasteiger partial charge in [0.05, 0.1) is 6.17 Å². The SMILES string of the molecule is C[C@@H](N)NC(=O)C1C(C)(C)CCC1(C)C. The van der Waals surface area contributed by atoms with E-state index in [2.05, 4.69) is 33.0 Å². The Hall–Kier alpha value is -0.570. The number of rotatable bonds is 2. The fraction of sp³-hybridized carbons (Fsp3) is 0.917. The van der Waals surface area contributed by atoms with E-state index in [9.17, 15) is 4.79 Å². The lowest BCUT2D eigenvalue weighted by molar-refractivity contribution is -0.131. The maximum absolute atomic E-state index is 12.1. The van der Waals surface area contributed by atoms with E-state index in [0.717, 1.165) is 12.8 Å². The summed E-state index contributed by atoms with van der Waals surface area (Å²) in [6.45, 7) is 10.5. The Morgan fingerprint density at radius 3 is 2.00 bits per heavy atom. The molecule has 1 saturated carbocycles. The summed E-state index contributed by atoms with van der Waals surface area (Å²) >= 11 is 0. The minimum Gasteiger partial charge on any atom is -0.341 e. The van der Waals surface area contributed by atoms with Crippen LogP contribution in [-0.2, 0) is 4.79 Å². The maximum atomic E-state index is 12.1. The summed E-state index contributed by atoms with van der Waals surface area (Å²) in [4.78, 5) is 12.1. The van der Waals surface area contributed by atoms with E-state index in [-0.39, 0.29) is 28.8 Å². The van der Waals surface area contributed by atoms with Crippen molar-refractivity contribution in [1.29, 1.82) is 0 Å². The average molecular weight is 212 g/mol. The molecule has 1 amide bonds. The number of hydrogen-bond donors (Lipinski definition) is 2. The fourth-order valence-corrected chi connectivity index (χ4v) is 3.01. The van der Waals surface area contributed by atoms with Gasteiger partial charge in [0.1, 0.15) is 0 Å². The topological polar surface area (TPSA) is 55.1 Å². The van der Waals surface area contributed by atoms with E-state index >= 15 is 0 Å². The molecular formula is C12H24N2O. The normalized spacial score (nSPS) is 26.3. The van der Waals surface area contributed by atoms with E-state index in [1.165, 1.54) is 0 Å². The number of carbonyl (C=O) groups is 1. The van der Waals surface area contributed by atoms with Crippen molar-refractivity contribution in [2.45, 2.75) is 53.6 Å². The summed E-state index contributed by atoms with van der Waals surface area (Å²) in [6, 6.07) is 0. The molecule has 0 spiro atoms. The molecule has 0 heterocycles. The molecule has 1 aliphatic rings. The molecule has 3 heteroatoms. The van der Waals surface area contributed by atoms with Crippen molar-refractivity contribution in [2.75, 3.05) is 0 Å². The Morgan fingerprint density at radius 1 is 1.27 bits per heavy atom. The van der Waals surface area contributed by atoms with Crippen LogP contribution in [0.1, 0.15) is 47.5 Å². The van der Waals surface area contributed by atoms with Crippen LogP contribution in [0.5, 0.6) is 0 Å². The number of carbonyl (C=O) groups excluding carboxylic acids is 1. The lowest BCUT2D eigenvalue weighted by Crippen LogP contribution is -2.48. The summed E-state index contributed by atoms with van der Waals surface area (Å²) < 4.78 is 0. The molecule has 0 unspecified atom stereocenters. The smallest absolute Gasteiger partial charge is 0.225 e. The third-order valence-electron chi connectivity index (χ3n) is 3.61. The third-order valence-corrected chi connectivity index (χ3v) is 3.61. The van der Waals surface area contributed by atoms with E-state index < -0.39 is 0 Å². The van der Waals surface area contributed by atoms with Crippen LogP contribution >= 0.6 is 0 Å². The van der Waals surface area contributed by atoms with Crippen molar-refractivity contribution in [3.8, 4) is 0 Å². The molecule has 1 fully saturated rings. The second-order valence-corrected chi connectivity index (χ2v) is 6.21. The lowest BCUT2D eigenvalue weighted by atomic mass is 9.72. The van der Waals surface area contributed by atoms with Crippen molar-refractivity contribution in [3.63, 3.8) is 0 Å². The predicted octanol–water partition coefficient (Wildman–Crippen LogP) is 1.87. The number of nitrogens with two attached hydrogens (primary N) is 1. The Kier molecular flexibility index (Phi) is 3.15. The highest BCUT2D eigenvalue weighted by molar-refractivity contribution is 5.80. The van der Waals surface area contributed by atoms with Crippen molar-refractivity contribution < 1.29 is 4.79 Å². The summed E-state index contributed by atoms with van der Waals surface area (Å²) in [6.07, 6.45) is 1.96. The van der Waals surface area contributed by atoms with Gasteiger partial charge < -0.3 is 11.1 Å². The highest BCUT2D eigenvalue weighted by Gasteiger charge is 2.50. The highest BCUT2D eigenvalue weighted by atomic mass is 16.2. The molecule has 3 N–H and O–H groups in total. The van der Waals surface area contributed by atoms with Gasteiger partial charge in [0.25, 0.3) is 0 Å². The molecule has 88 valence electrons. The molecule has 0 bridgehead atoms. The van der Waals surface area contributed by atoms with Crippen LogP contribution < -0.4 is 11.1 Å². The molecule has 1 rings (SSSR count). The Morgan fingerprint density at radius 2 is 1.67 bits per heavy atom. The Labute approximate surface area is 92.8 Å². The minimum absolute atomic E-state index is 0.0657. The molecule has 0 aliphatic heterocycles. The molecule has 0 aromatic rings. The van der Waals surface area contributed by atoms with E-state index in [0.29, 0.717) is 0 Å². The van der Waals surface area contributed by atoms with Gasteiger partial charge in [0.2, 0.25) is 5.91 Å². The molecule has 0 aromatic heterocycles. The monoisotopic (exact) mass is 212 g/mol. The third kappa shape index (κ3) is 2.51. The minimum atomic E-state index is -0.260. The van der Waals surface area contributed by atoms with Crippen LogP contribution in [0, 0.1) is 16.7 Å². The van der Waals surface area contributed by atoms with Crippen LogP contribution in [-0.4, -0.2) is 12.1 Å². The molecule has 0 aromatic carbocycles. The zero-order chi connectivity index (χ0) is 11.9. The molecule has 1 aliphatic carbocycles. The van der Waals surface area contributed by atoms with Crippen LogP contribution in [0.15, 0.2) is 0 Å². The van der Waals surface area contributed by atoms with Gasteiger partial charge in [-0.2, -0.15) is 0 Å². The van der Waals surface area contributed by atoms with Gasteiger partial charge in [-0.15, -0.1) is 0 Å². The standard InChI is InChI=1S/C12H24N2O/c1-8(13)14-10(15)9-11(2,3)6-7-12(9,4)5/h8-9H,6-7,13H2,1-5H3,(H,14,15)/t8-/m0/s1. The summed E-state index contributed by atoms with van der Waals surface area (Å²) in [5, 5.41) is 2.83. The van der Waals surface area contributed by atoms with Crippen LogP contribution in [0.3, 0.4) is 0 Å². The van der Waals surface area contributed by atoms with E-state index in [1.54, 1.807) is 6.92 Å². The van der Waals surface area contributed by atoms with Gasteiger partial charge in [0, 0.05) is 5.92 Å². The second-order valence-electron chi connectivity index (χ2n) is 6.21. The first-order valence-electron chi connectivity index (χ1n) is 5.73. The van der Waals surface area contributed by atoms with Crippen molar-refractivity contribution in [3.05, 3.63) is 0 Å². The highest BCUT2D eigenvalue weighted by Crippen LogP contribution is 2.53. The van der Waals surface area contributed by atoms with Crippen molar-refractivity contribution >= 4 is 5.91 Å². The van der Waals surface area contributed by atoms with Gasteiger partial charge in [-0.25, -0.2) is 0 Å². The second kappa shape index (κ2) is 3.78. The zero-order valence-corrected chi connectivity index (χ0v) is 10.6. The summed E-state index contributed by atoms with van der Waals surface area (Å²) in [5.74, 6) is 0.175. The van der Waals surface area contributed by atoms with E-state index in [1.807, 2.05) is 0 Å². The quantitative estimate of drug-likeness (QED) is 0.687. The lowest BCUT2D eigenvalue weighted by Gasteiger charge is -2.34. The van der Waals surface area contributed by atoms with Crippen molar-refractivity contribution in [1.82, 2.24) is 5.32 Å². The molecule has 0 radical (unpaired) electrons.